The number of anilines is 2. The summed E-state index contributed by atoms with van der Waals surface area (Å²) in [6, 6.07) is 22.7. The van der Waals surface area contributed by atoms with Gasteiger partial charge < -0.3 is 30.5 Å². The van der Waals surface area contributed by atoms with Gasteiger partial charge in [-0.3, -0.25) is 9.59 Å². The Labute approximate surface area is 192 Å². The van der Waals surface area contributed by atoms with Gasteiger partial charge in [-0.1, -0.05) is 30.3 Å². The summed E-state index contributed by atoms with van der Waals surface area (Å²) < 4.78 is 11.0. The number of hydrogen-bond acceptors (Lipinski definition) is 6. The number of ether oxygens (including phenoxy) is 2. The molecule has 3 aromatic carbocycles. The zero-order chi connectivity index (χ0) is 23.5. The van der Waals surface area contributed by atoms with E-state index >= 15 is 0 Å². The van der Waals surface area contributed by atoms with E-state index in [1.807, 2.05) is 54.6 Å². The van der Waals surface area contributed by atoms with Crippen molar-refractivity contribution in [2.75, 3.05) is 30.8 Å². The number of para-hydroxylation sites is 3. The van der Waals surface area contributed by atoms with E-state index in [-0.39, 0.29) is 6.42 Å². The minimum absolute atomic E-state index is 0.202. The molecule has 8 heteroatoms. The molecule has 0 saturated carbocycles. The number of hydrogen-bond donors (Lipinski definition) is 4. The summed E-state index contributed by atoms with van der Waals surface area (Å²) in [6.45, 7) is 0.822. The molecule has 0 aliphatic carbocycles. The number of benzene rings is 3. The van der Waals surface area contributed by atoms with Gasteiger partial charge in [-0.2, -0.15) is 0 Å². The standard InChI is InChI=1S/C25H27N3O5/c1-32-23-10-6-5-9-21(23)26-15-16-27-22(25(30)31)17-24(29)28-18-11-13-20(14-12-18)33-19-7-3-2-4-8-19/h2-14,22,26-27H,15-17H2,1H3,(H,28,29)(H,30,31)/t22-/m0/s1. The normalized spacial score (nSPS) is 11.3. The number of carbonyl (C=O) groups is 2. The molecular weight excluding hydrogens is 422 g/mol. The van der Waals surface area contributed by atoms with Gasteiger partial charge in [0, 0.05) is 18.8 Å². The first-order valence-electron chi connectivity index (χ1n) is 10.5. The van der Waals surface area contributed by atoms with Crippen molar-refractivity contribution in [3.63, 3.8) is 0 Å². The van der Waals surface area contributed by atoms with Gasteiger partial charge >= 0.3 is 5.97 Å². The summed E-state index contributed by atoms with van der Waals surface area (Å²) in [5.41, 5.74) is 1.37. The Balaban J connectivity index is 1.45. The third-order valence-electron chi connectivity index (χ3n) is 4.74. The number of aliphatic carboxylic acids is 1. The predicted octanol–water partition coefficient (Wildman–Crippen LogP) is 3.97. The van der Waals surface area contributed by atoms with Crippen LogP contribution in [0.1, 0.15) is 6.42 Å². The molecule has 1 atom stereocenters. The number of carbonyl (C=O) groups excluding carboxylic acids is 1. The van der Waals surface area contributed by atoms with Crippen LogP contribution in [-0.4, -0.2) is 43.2 Å². The Morgan fingerprint density at radius 3 is 2.24 bits per heavy atom. The molecule has 3 aromatic rings. The van der Waals surface area contributed by atoms with E-state index in [1.54, 1.807) is 31.4 Å². The fraction of sp³-hybridized carbons (Fsp3) is 0.200. The fourth-order valence-electron chi connectivity index (χ4n) is 3.11. The second-order valence-electron chi connectivity index (χ2n) is 7.16. The molecule has 0 saturated heterocycles. The van der Waals surface area contributed by atoms with Crippen LogP contribution in [0.4, 0.5) is 11.4 Å². The van der Waals surface area contributed by atoms with Crippen LogP contribution in [-0.2, 0) is 9.59 Å². The Kier molecular flexibility index (Phi) is 8.67. The number of rotatable bonds is 12. The molecule has 0 heterocycles. The van der Waals surface area contributed by atoms with Crippen LogP contribution in [0.2, 0.25) is 0 Å². The predicted molar refractivity (Wildman–Crippen MR) is 127 cm³/mol. The van der Waals surface area contributed by atoms with Crippen LogP contribution in [0.3, 0.4) is 0 Å². The van der Waals surface area contributed by atoms with Crippen LogP contribution in [0, 0.1) is 0 Å². The zero-order valence-electron chi connectivity index (χ0n) is 18.3. The lowest BCUT2D eigenvalue weighted by molar-refractivity contribution is -0.141. The van der Waals surface area contributed by atoms with Gasteiger partial charge in [-0.15, -0.1) is 0 Å². The van der Waals surface area contributed by atoms with Gasteiger partial charge in [-0.05, 0) is 48.5 Å². The van der Waals surface area contributed by atoms with Crippen LogP contribution in [0.5, 0.6) is 17.2 Å². The summed E-state index contributed by atoms with van der Waals surface area (Å²) in [6.07, 6.45) is -0.202. The third kappa shape index (κ3) is 7.55. The SMILES string of the molecule is COc1ccccc1NCCN[C@@H](CC(=O)Nc1ccc(Oc2ccccc2)cc1)C(=O)O. The number of amides is 1. The lowest BCUT2D eigenvalue weighted by Gasteiger charge is -2.16. The minimum atomic E-state index is -1.09. The topological polar surface area (TPSA) is 109 Å². The maximum absolute atomic E-state index is 12.4. The first kappa shape index (κ1) is 23.6. The van der Waals surface area contributed by atoms with E-state index in [2.05, 4.69) is 16.0 Å². The van der Waals surface area contributed by atoms with Crippen molar-refractivity contribution in [2.45, 2.75) is 12.5 Å². The lowest BCUT2D eigenvalue weighted by atomic mass is 10.2. The zero-order valence-corrected chi connectivity index (χ0v) is 18.3. The molecule has 0 spiro atoms. The molecule has 33 heavy (non-hydrogen) atoms. The summed E-state index contributed by atoms with van der Waals surface area (Å²) in [4.78, 5) is 23.9. The van der Waals surface area contributed by atoms with Gasteiger partial charge in [0.05, 0.1) is 19.2 Å². The van der Waals surface area contributed by atoms with Gasteiger partial charge in [0.15, 0.2) is 0 Å². The number of methoxy groups -OCH3 is 1. The largest absolute Gasteiger partial charge is 0.495 e. The summed E-state index contributed by atoms with van der Waals surface area (Å²) in [5, 5.41) is 18.3. The van der Waals surface area contributed by atoms with Crippen molar-refractivity contribution < 1.29 is 24.2 Å². The maximum atomic E-state index is 12.4. The molecular formula is C25H27N3O5. The molecule has 8 nitrogen and oxygen atoms in total. The molecule has 3 rings (SSSR count). The average molecular weight is 450 g/mol. The molecule has 1 amide bonds. The van der Waals surface area contributed by atoms with Crippen LogP contribution >= 0.6 is 0 Å². The van der Waals surface area contributed by atoms with Gasteiger partial charge in [0.1, 0.15) is 23.3 Å². The highest BCUT2D eigenvalue weighted by Gasteiger charge is 2.20. The van der Waals surface area contributed by atoms with Gasteiger partial charge in [0.2, 0.25) is 5.91 Å². The summed E-state index contributed by atoms with van der Waals surface area (Å²) in [7, 11) is 1.59. The Bertz CT molecular complexity index is 1040. The molecule has 0 radical (unpaired) electrons. The van der Waals surface area contributed by atoms with E-state index < -0.39 is 17.9 Å². The van der Waals surface area contributed by atoms with Crippen molar-refractivity contribution >= 4 is 23.3 Å². The Morgan fingerprint density at radius 1 is 0.879 bits per heavy atom. The van der Waals surface area contributed by atoms with E-state index in [1.165, 1.54) is 0 Å². The van der Waals surface area contributed by atoms with Crippen LogP contribution in [0.15, 0.2) is 78.9 Å². The molecule has 0 bridgehead atoms. The molecule has 0 aliphatic heterocycles. The first-order chi connectivity index (χ1) is 16.0. The maximum Gasteiger partial charge on any atom is 0.321 e. The Morgan fingerprint density at radius 2 is 1.55 bits per heavy atom. The summed E-state index contributed by atoms with van der Waals surface area (Å²) >= 11 is 0. The highest BCUT2D eigenvalue weighted by Crippen LogP contribution is 2.23. The lowest BCUT2D eigenvalue weighted by Crippen LogP contribution is -2.41. The molecule has 0 unspecified atom stereocenters. The highest BCUT2D eigenvalue weighted by atomic mass is 16.5. The second-order valence-corrected chi connectivity index (χ2v) is 7.16. The summed E-state index contributed by atoms with van der Waals surface area (Å²) in [5.74, 6) is 0.557. The van der Waals surface area contributed by atoms with Crippen LogP contribution < -0.4 is 25.4 Å². The third-order valence-corrected chi connectivity index (χ3v) is 4.74. The average Bonchev–Trinajstić information content (AvgIpc) is 2.83. The van der Waals surface area contributed by atoms with Crippen molar-refractivity contribution in [2.24, 2.45) is 0 Å². The van der Waals surface area contributed by atoms with Crippen LogP contribution in [0.25, 0.3) is 0 Å². The molecule has 0 fully saturated rings. The van der Waals surface area contributed by atoms with Gasteiger partial charge in [-0.25, -0.2) is 0 Å². The van der Waals surface area contributed by atoms with Crippen molar-refractivity contribution in [3.8, 4) is 17.2 Å². The monoisotopic (exact) mass is 449 g/mol. The van der Waals surface area contributed by atoms with E-state index in [0.29, 0.717) is 36.0 Å². The number of carboxylic acids is 1. The van der Waals surface area contributed by atoms with Crippen molar-refractivity contribution in [1.29, 1.82) is 0 Å². The second kappa shape index (κ2) is 12.1. The quantitative estimate of drug-likeness (QED) is 0.310. The van der Waals surface area contributed by atoms with E-state index in [9.17, 15) is 14.7 Å². The number of carboxylic acid groups (broad SMARTS) is 1. The number of nitrogens with one attached hydrogen (secondary N) is 3. The van der Waals surface area contributed by atoms with Crippen molar-refractivity contribution in [1.82, 2.24) is 5.32 Å². The smallest absolute Gasteiger partial charge is 0.321 e. The molecule has 4 N–H and O–H groups in total. The van der Waals surface area contributed by atoms with Gasteiger partial charge in [0.25, 0.3) is 0 Å². The first-order valence-corrected chi connectivity index (χ1v) is 10.5. The minimum Gasteiger partial charge on any atom is -0.495 e. The molecule has 0 aliphatic rings. The van der Waals surface area contributed by atoms with E-state index in [4.69, 9.17) is 9.47 Å². The van der Waals surface area contributed by atoms with Crippen molar-refractivity contribution in [3.05, 3.63) is 78.9 Å². The fourth-order valence-corrected chi connectivity index (χ4v) is 3.11. The highest BCUT2D eigenvalue weighted by molar-refractivity contribution is 5.94. The Hall–Kier alpha value is -4.04. The molecule has 0 aromatic heterocycles. The molecule has 172 valence electrons. The van der Waals surface area contributed by atoms with E-state index in [0.717, 1.165) is 5.69 Å².